The van der Waals surface area contributed by atoms with Crippen molar-refractivity contribution in [3.63, 3.8) is 0 Å². The summed E-state index contributed by atoms with van der Waals surface area (Å²) < 4.78 is 39.3. The normalized spacial score (nSPS) is 19.6. The minimum atomic E-state index is -1.56. The van der Waals surface area contributed by atoms with Crippen molar-refractivity contribution in [3.8, 4) is 0 Å². The van der Waals surface area contributed by atoms with Crippen LogP contribution in [-0.4, -0.2) is 41.1 Å². The molecule has 0 atom stereocenters. The molecule has 0 aromatic heterocycles. The Morgan fingerprint density at radius 2 is 1.71 bits per heavy atom. The largest absolute Gasteiger partial charge is 0.492 e. The van der Waals surface area contributed by atoms with E-state index in [1.807, 2.05) is 27.7 Å². The van der Waals surface area contributed by atoms with Crippen LogP contribution < -0.4 is 0 Å². The Kier molecular flexibility index (Phi) is 4.85. The SMILES string of the molecule is CC1(C)OB(C(=Cc2cc(F)c(C(=O)O)cc2F)CO)OC1(C)C. The van der Waals surface area contributed by atoms with E-state index >= 15 is 0 Å². The van der Waals surface area contributed by atoms with Crippen LogP contribution >= 0.6 is 0 Å². The molecule has 0 amide bonds. The van der Waals surface area contributed by atoms with Crippen molar-refractivity contribution in [2.75, 3.05) is 6.61 Å². The molecule has 5 nitrogen and oxygen atoms in total. The zero-order valence-corrected chi connectivity index (χ0v) is 13.9. The lowest BCUT2D eigenvalue weighted by molar-refractivity contribution is 0.00578. The fourth-order valence-electron chi connectivity index (χ4n) is 2.22. The van der Waals surface area contributed by atoms with Crippen molar-refractivity contribution >= 4 is 19.2 Å². The molecule has 1 aliphatic heterocycles. The molecule has 2 rings (SSSR count). The maximum absolute atomic E-state index is 14.0. The summed E-state index contributed by atoms with van der Waals surface area (Å²) in [5.74, 6) is -3.55. The topological polar surface area (TPSA) is 76.0 Å². The zero-order chi connectivity index (χ0) is 18.3. The molecule has 1 fully saturated rings. The molecule has 24 heavy (non-hydrogen) atoms. The molecule has 0 saturated carbocycles. The summed E-state index contributed by atoms with van der Waals surface area (Å²) in [5, 5.41) is 18.3. The summed E-state index contributed by atoms with van der Waals surface area (Å²) in [7, 11) is -0.915. The number of hydrogen-bond acceptors (Lipinski definition) is 4. The van der Waals surface area contributed by atoms with E-state index in [1.54, 1.807) is 0 Å². The number of carboxylic acids is 1. The van der Waals surface area contributed by atoms with Gasteiger partial charge in [-0.05, 0) is 45.3 Å². The molecule has 0 radical (unpaired) electrons. The third kappa shape index (κ3) is 3.36. The highest BCUT2D eigenvalue weighted by Crippen LogP contribution is 2.38. The fourth-order valence-corrected chi connectivity index (χ4v) is 2.22. The molecule has 0 unspecified atom stereocenters. The minimum Gasteiger partial charge on any atom is -0.478 e. The van der Waals surface area contributed by atoms with E-state index in [2.05, 4.69) is 0 Å². The van der Waals surface area contributed by atoms with Crippen molar-refractivity contribution in [3.05, 3.63) is 40.4 Å². The first-order chi connectivity index (χ1) is 11.0. The van der Waals surface area contributed by atoms with Crippen molar-refractivity contribution in [1.29, 1.82) is 0 Å². The van der Waals surface area contributed by atoms with Crippen LogP contribution in [0.2, 0.25) is 0 Å². The maximum atomic E-state index is 14.0. The average Bonchev–Trinajstić information content (AvgIpc) is 2.67. The van der Waals surface area contributed by atoms with Gasteiger partial charge in [-0.15, -0.1) is 0 Å². The van der Waals surface area contributed by atoms with E-state index in [4.69, 9.17) is 14.4 Å². The van der Waals surface area contributed by atoms with Gasteiger partial charge < -0.3 is 19.5 Å². The second-order valence-corrected chi connectivity index (χ2v) is 6.62. The van der Waals surface area contributed by atoms with Crippen molar-refractivity contribution < 1.29 is 33.1 Å². The van der Waals surface area contributed by atoms with Gasteiger partial charge in [-0.25, -0.2) is 13.6 Å². The van der Waals surface area contributed by atoms with Gasteiger partial charge in [-0.3, -0.25) is 0 Å². The summed E-state index contributed by atoms with van der Waals surface area (Å²) >= 11 is 0. The lowest BCUT2D eigenvalue weighted by atomic mass is 9.77. The quantitative estimate of drug-likeness (QED) is 0.825. The lowest BCUT2D eigenvalue weighted by Crippen LogP contribution is -2.41. The monoisotopic (exact) mass is 340 g/mol. The summed E-state index contributed by atoms with van der Waals surface area (Å²) in [4.78, 5) is 10.8. The molecular formula is C16H19BF2O5. The number of benzene rings is 1. The Balaban J connectivity index is 2.39. The molecule has 1 saturated heterocycles. The van der Waals surface area contributed by atoms with Gasteiger partial charge in [-0.2, -0.15) is 0 Å². The first-order valence-corrected chi connectivity index (χ1v) is 7.38. The van der Waals surface area contributed by atoms with Gasteiger partial charge in [0.25, 0.3) is 0 Å². The van der Waals surface area contributed by atoms with Crippen LogP contribution in [0.3, 0.4) is 0 Å². The lowest BCUT2D eigenvalue weighted by Gasteiger charge is -2.32. The van der Waals surface area contributed by atoms with Gasteiger partial charge >= 0.3 is 13.1 Å². The number of aliphatic hydroxyl groups excluding tert-OH is 1. The first-order valence-electron chi connectivity index (χ1n) is 7.38. The van der Waals surface area contributed by atoms with Gasteiger partial charge in [0.1, 0.15) is 11.6 Å². The molecule has 2 N–H and O–H groups in total. The van der Waals surface area contributed by atoms with Crippen LogP contribution in [0.25, 0.3) is 6.08 Å². The van der Waals surface area contributed by atoms with Gasteiger partial charge in [0.2, 0.25) is 0 Å². The van der Waals surface area contributed by atoms with E-state index in [1.165, 1.54) is 6.08 Å². The smallest absolute Gasteiger partial charge is 0.478 e. The highest BCUT2D eigenvalue weighted by Gasteiger charge is 2.52. The summed E-state index contributed by atoms with van der Waals surface area (Å²) in [5.41, 5.74) is -2.05. The number of rotatable bonds is 4. The number of hydrogen-bond donors (Lipinski definition) is 2. The van der Waals surface area contributed by atoms with E-state index < -0.39 is 48.1 Å². The molecule has 1 aromatic carbocycles. The Bertz CT molecular complexity index is 684. The second kappa shape index (κ2) is 6.27. The van der Waals surface area contributed by atoms with Crippen LogP contribution in [0.1, 0.15) is 43.6 Å². The molecular weight excluding hydrogens is 321 g/mol. The van der Waals surface area contributed by atoms with Crippen LogP contribution in [-0.2, 0) is 9.31 Å². The Hall–Kier alpha value is -1.77. The van der Waals surface area contributed by atoms with Crippen LogP contribution in [0.4, 0.5) is 8.78 Å². The molecule has 1 aliphatic rings. The highest BCUT2D eigenvalue weighted by molar-refractivity contribution is 6.55. The molecule has 0 spiro atoms. The third-order valence-electron chi connectivity index (χ3n) is 4.40. The fraction of sp³-hybridized carbons (Fsp3) is 0.438. The predicted molar refractivity (Wildman–Crippen MR) is 84.5 cm³/mol. The Labute approximate surface area is 139 Å². The minimum absolute atomic E-state index is 0.198. The highest BCUT2D eigenvalue weighted by atomic mass is 19.1. The molecule has 0 aliphatic carbocycles. The molecule has 0 bridgehead atoms. The maximum Gasteiger partial charge on any atom is 0.492 e. The molecule has 8 heteroatoms. The first kappa shape index (κ1) is 18.6. The summed E-state index contributed by atoms with van der Waals surface area (Å²) in [6, 6.07) is 1.36. The van der Waals surface area contributed by atoms with Crippen molar-refractivity contribution in [2.45, 2.75) is 38.9 Å². The second-order valence-electron chi connectivity index (χ2n) is 6.62. The molecule has 1 aromatic rings. The molecule has 1 heterocycles. The summed E-state index contributed by atoms with van der Waals surface area (Å²) in [6.45, 7) is 6.81. The third-order valence-corrected chi connectivity index (χ3v) is 4.40. The standard InChI is InChI=1S/C16H19BF2O5/c1-15(2)16(3,4)24-17(23-15)10(8-20)5-9-6-13(19)11(14(21)22)7-12(9)18/h5-7,20H,8H2,1-4H3,(H,21,22). The van der Waals surface area contributed by atoms with Crippen molar-refractivity contribution in [1.82, 2.24) is 0 Å². The van der Waals surface area contributed by atoms with Gasteiger partial charge in [0.05, 0.1) is 23.4 Å². The summed E-state index contributed by atoms with van der Waals surface area (Å²) in [6.07, 6.45) is 1.20. The van der Waals surface area contributed by atoms with Gasteiger partial charge in [0.15, 0.2) is 0 Å². The van der Waals surface area contributed by atoms with Crippen LogP contribution in [0.15, 0.2) is 17.6 Å². The van der Waals surface area contributed by atoms with Gasteiger partial charge in [-0.1, -0.05) is 6.08 Å². The Morgan fingerprint density at radius 3 is 2.17 bits per heavy atom. The number of carboxylic acid groups (broad SMARTS) is 1. The zero-order valence-electron chi connectivity index (χ0n) is 13.9. The number of halogens is 2. The number of aromatic carboxylic acids is 1. The van der Waals surface area contributed by atoms with E-state index in [-0.39, 0.29) is 11.0 Å². The number of aliphatic hydroxyl groups is 1. The van der Waals surface area contributed by atoms with E-state index in [0.717, 1.165) is 6.07 Å². The number of carbonyl (C=O) groups is 1. The van der Waals surface area contributed by atoms with Crippen LogP contribution in [0, 0.1) is 11.6 Å². The predicted octanol–water partition coefficient (Wildman–Crippen LogP) is 2.67. The van der Waals surface area contributed by atoms with Crippen molar-refractivity contribution in [2.24, 2.45) is 0 Å². The average molecular weight is 340 g/mol. The van der Waals surface area contributed by atoms with Gasteiger partial charge in [0, 0.05) is 5.56 Å². The molecule has 130 valence electrons. The Morgan fingerprint density at radius 1 is 1.17 bits per heavy atom. The van der Waals surface area contributed by atoms with E-state index in [0.29, 0.717) is 6.07 Å². The van der Waals surface area contributed by atoms with E-state index in [9.17, 15) is 18.7 Å². The van der Waals surface area contributed by atoms with Crippen LogP contribution in [0.5, 0.6) is 0 Å².